The molecule has 0 aliphatic carbocycles. The molecule has 23 heavy (non-hydrogen) atoms. The first-order valence-corrected chi connectivity index (χ1v) is 7.70. The standard InChI is InChI=1S/C17H15Cl2NO3/c1-11(21)12-2-7-15(19)16(10-12)20-17(22)8-9-23-14-5-3-13(18)4-6-14/h2-7,10H,8-9H2,1H3,(H,20,22). The number of benzene rings is 2. The maximum absolute atomic E-state index is 11.9. The number of anilines is 1. The van der Waals surface area contributed by atoms with Gasteiger partial charge in [0.25, 0.3) is 0 Å². The van der Waals surface area contributed by atoms with E-state index in [4.69, 9.17) is 27.9 Å². The van der Waals surface area contributed by atoms with Gasteiger partial charge in [0.15, 0.2) is 5.78 Å². The molecule has 0 saturated carbocycles. The van der Waals surface area contributed by atoms with Crippen LogP contribution >= 0.6 is 23.2 Å². The van der Waals surface area contributed by atoms with Gasteiger partial charge in [-0.2, -0.15) is 0 Å². The zero-order valence-electron chi connectivity index (χ0n) is 12.4. The molecule has 0 spiro atoms. The summed E-state index contributed by atoms with van der Waals surface area (Å²) in [5.74, 6) is 0.295. The average molecular weight is 352 g/mol. The Bertz CT molecular complexity index is 714. The van der Waals surface area contributed by atoms with Gasteiger partial charge in [-0.15, -0.1) is 0 Å². The van der Waals surface area contributed by atoms with Crippen molar-refractivity contribution in [1.82, 2.24) is 0 Å². The number of Topliss-reactive ketones (excluding diaryl/α,β-unsaturated/α-hetero) is 1. The van der Waals surface area contributed by atoms with Gasteiger partial charge in [-0.05, 0) is 49.4 Å². The summed E-state index contributed by atoms with van der Waals surface area (Å²) >= 11 is 11.8. The van der Waals surface area contributed by atoms with E-state index in [1.807, 2.05) is 0 Å². The maximum Gasteiger partial charge on any atom is 0.227 e. The van der Waals surface area contributed by atoms with Crippen LogP contribution in [0.2, 0.25) is 10.0 Å². The summed E-state index contributed by atoms with van der Waals surface area (Å²) in [7, 11) is 0. The van der Waals surface area contributed by atoms with E-state index < -0.39 is 0 Å². The highest BCUT2D eigenvalue weighted by molar-refractivity contribution is 6.34. The molecule has 0 atom stereocenters. The van der Waals surface area contributed by atoms with E-state index in [9.17, 15) is 9.59 Å². The highest BCUT2D eigenvalue weighted by atomic mass is 35.5. The van der Waals surface area contributed by atoms with Crippen molar-refractivity contribution in [3.63, 3.8) is 0 Å². The highest BCUT2D eigenvalue weighted by Gasteiger charge is 2.09. The lowest BCUT2D eigenvalue weighted by Gasteiger charge is -2.09. The molecule has 1 N–H and O–H groups in total. The van der Waals surface area contributed by atoms with Gasteiger partial charge in [0.05, 0.1) is 23.7 Å². The predicted octanol–water partition coefficient (Wildman–Crippen LogP) is 4.60. The Hall–Kier alpha value is -2.04. The van der Waals surface area contributed by atoms with Gasteiger partial charge in [0, 0.05) is 10.6 Å². The van der Waals surface area contributed by atoms with E-state index in [-0.39, 0.29) is 24.7 Å². The van der Waals surface area contributed by atoms with E-state index in [2.05, 4.69) is 5.32 Å². The Morgan fingerprint density at radius 1 is 1.09 bits per heavy atom. The molecule has 0 aromatic heterocycles. The average Bonchev–Trinajstić information content (AvgIpc) is 2.51. The van der Waals surface area contributed by atoms with Gasteiger partial charge in [0.1, 0.15) is 5.75 Å². The van der Waals surface area contributed by atoms with Crippen LogP contribution in [0.5, 0.6) is 5.75 Å². The van der Waals surface area contributed by atoms with Crippen LogP contribution in [-0.4, -0.2) is 18.3 Å². The quantitative estimate of drug-likeness (QED) is 0.773. The summed E-state index contributed by atoms with van der Waals surface area (Å²) in [6.07, 6.45) is 0.156. The molecule has 0 saturated heterocycles. The minimum Gasteiger partial charge on any atom is -0.493 e. The van der Waals surface area contributed by atoms with Gasteiger partial charge in [0.2, 0.25) is 5.91 Å². The first kappa shape index (κ1) is 17.3. The second kappa shape index (κ2) is 7.99. The van der Waals surface area contributed by atoms with Gasteiger partial charge >= 0.3 is 0 Å². The van der Waals surface area contributed by atoms with Crippen molar-refractivity contribution in [1.29, 1.82) is 0 Å². The molecule has 2 aromatic carbocycles. The molecule has 2 rings (SSSR count). The molecule has 6 heteroatoms. The zero-order valence-corrected chi connectivity index (χ0v) is 13.9. The SMILES string of the molecule is CC(=O)c1ccc(Cl)c(NC(=O)CCOc2ccc(Cl)cc2)c1. The van der Waals surface area contributed by atoms with Crippen LogP contribution in [0.15, 0.2) is 42.5 Å². The van der Waals surface area contributed by atoms with Crippen molar-refractivity contribution in [3.05, 3.63) is 58.1 Å². The number of carbonyl (C=O) groups excluding carboxylic acids is 2. The molecule has 0 bridgehead atoms. The summed E-state index contributed by atoms with van der Waals surface area (Å²) in [6, 6.07) is 11.6. The second-order valence-corrected chi connectivity index (χ2v) is 5.70. The fraction of sp³-hybridized carbons (Fsp3) is 0.176. The van der Waals surface area contributed by atoms with Gasteiger partial charge in [-0.1, -0.05) is 23.2 Å². The fourth-order valence-corrected chi connectivity index (χ4v) is 2.14. The first-order chi connectivity index (χ1) is 11.0. The fourth-order valence-electron chi connectivity index (χ4n) is 1.85. The van der Waals surface area contributed by atoms with Crippen molar-refractivity contribution in [3.8, 4) is 5.75 Å². The first-order valence-electron chi connectivity index (χ1n) is 6.94. The van der Waals surface area contributed by atoms with Crippen LogP contribution in [0.3, 0.4) is 0 Å². The van der Waals surface area contributed by atoms with E-state index in [1.165, 1.54) is 6.92 Å². The topological polar surface area (TPSA) is 55.4 Å². The van der Waals surface area contributed by atoms with Gasteiger partial charge < -0.3 is 10.1 Å². The summed E-state index contributed by atoms with van der Waals surface area (Å²) in [4.78, 5) is 23.3. The van der Waals surface area contributed by atoms with Crippen LogP contribution in [-0.2, 0) is 4.79 Å². The summed E-state index contributed by atoms with van der Waals surface area (Å²) in [5.41, 5.74) is 0.901. The van der Waals surface area contributed by atoms with Crippen molar-refractivity contribution in [2.75, 3.05) is 11.9 Å². The van der Waals surface area contributed by atoms with Crippen LogP contribution < -0.4 is 10.1 Å². The van der Waals surface area contributed by atoms with Crippen molar-refractivity contribution >= 4 is 40.6 Å². The summed E-state index contributed by atoms with van der Waals surface area (Å²) in [6.45, 7) is 1.67. The number of ketones is 1. The zero-order chi connectivity index (χ0) is 16.8. The third-order valence-corrected chi connectivity index (χ3v) is 3.64. The van der Waals surface area contributed by atoms with Gasteiger partial charge in [-0.25, -0.2) is 0 Å². The molecular formula is C17H15Cl2NO3. The third-order valence-electron chi connectivity index (χ3n) is 3.06. The van der Waals surface area contributed by atoms with Gasteiger partial charge in [-0.3, -0.25) is 9.59 Å². The number of nitrogens with one attached hydrogen (secondary N) is 1. The molecule has 0 radical (unpaired) electrons. The normalized spacial score (nSPS) is 10.2. The van der Waals surface area contributed by atoms with E-state index in [0.717, 1.165) is 0 Å². The maximum atomic E-state index is 11.9. The number of halogens is 2. The minimum absolute atomic E-state index is 0.0942. The van der Waals surface area contributed by atoms with Crippen molar-refractivity contribution < 1.29 is 14.3 Å². The molecular weight excluding hydrogens is 337 g/mol. The number of carbonyl (C=O) groups is 2. The Balaban J connectivity index is 1.88. The minimum atomic E-state index is -0.249. The van der Waals surface area contributed by atoms with E-state index in [1.54, 1.807) is 42.5 Å². The highest BCUT2D eigenvalue weighted by Crippen LogP contribution is 2.23. The Labute approximate surface area is 144 Å². The molecule has 120 valence electrons. The third kappa shape index (κ3) is 5.27. The molecule has 1 amide bonds. The predicted molar refractivity (Wildman–Crippen MR) is 91.7 cm³/mol. The molecule has 0 aliphatic rings. The van der Waals surface area contributed by atoms with Crippen LogP contribution in [0.1, 0.15) is 23.7 Å². The monoisotopic (exact) mass is 351 g/mol. The lowest BCUT2D eigenvalue weighted by atomic mass is 10.1. The van der Waals surface area contributed by atoms with E-state index >= 15 is 0 Å². The van der Waals surface area contributed by atoms with Crippen LogP contribution in [0, 0.1) is 0 Å². The number of rotatable bonds is 6. The number of hydrogen-bond acceptors (Lipinski definition) is 3. The number of ether oxygens (including phenoxy) is 1. The van der Waals surface area contributed by atoms with Crippen molar-refractivity contribution in [2.24, 2.45) is 0 Å². The summed E-state index contributed by atoms with van der Waals surface area (Å²) in [5, 5.41) is 3.67. The Kier molecular flexibility index (Phi) is 6.02. The molecule has 2 aromatic rings. The summed E-state index contributed by atoms with van der Waals surface area (Å²) < 4.78 is 5.45. The largest absolute Gasteiger partial charge is 0.493 e. The van der Waals surface area contributed by atoms with Crippen molar-refractivity contribution in [2.45, 2.75) is 13.3 Å². The molecule has 0 heterocycles. The molecule has 0 unspecified atom stereocenters. The Morgan fingerprint density at radius 2 is 1.78 bits per heavy atom. The van der Waals surface area contributed by atoms with Crippen LogP contribution in [0.25, 0.3) is 0 Å². The molecule has 4 nitrogen and oxygen atoms in total. The lowest BCUT2D eigenvalue weighted by molar-refractivity contribution is -0.116. The molecule has 0 fully saturated rings. The smallest absolute Gasteiger partial charge is 0.227 e. The number of hydrogen-bond donors (Lipinski definition) is 1. The second-order valence-electron chi connectivity index (χ2n) is 4.85. The molecule has 0 aliphatic heterocycles. The Morgan fingerprint density at radius 3 is 2.43 bits per heavy atom. The number of amides is 1. The lowest BCUT2D eigenvalue weighted by Crippen LogP contribution is -2.15. The van der Waals surface area contributed by atoms with E-state index in [0.29, 0.717) is 27.0 Å². The van der Waals surface area contributed by atoms with Crippen LogP contribution in [0.4, 0.5) is 5.69 Å².